The Labute approximate surface area is 92.9 Å². The second kappa shape index (κ2) is 4.96. The van der Waals surface area contributed by atoms with Gasteiger partial charge >= 0.3 is 0 Å². The highest BCUT2D eigenvalue weighted by Crippen LogP contribution is 2.37. The molecule has 1 saturated carbocycles. The van der Waals surface area contributed by atoms with E-state index in [1.807, 2.05) is 0 Å². The van der Waals surface area contributed by atoms with Crippen molar-refractivity contribution in [2.45, 2.75) is 58.3 Å². The molecule has 84 valence electrons. The fraction of sp³-hybridized carbons (Fsp3) is 0.786. The van der Waals surface area contributed by atoms with Gasteiger partial charge in [-0.05, 0) is 43.9 Å². The zero-order valence-corrected chi connectivity index (χ0v) is 9.80. The van der Waals surface area contributed by atoms with Crippen LogP contribution in [0.25, 0.3) is 0 Å². The summed E-state index contributed by atoms with van der Waals surface area (Å²) < 4.78 is 0. The van der Waals surface area contributed by atoms with Crippen LogP contribution in [-0.4, -0.2) is 5.78 Å². The molecule has 0 aromatic heterocycles. The summed E-state index contributed by atoms with van der Waals surface area (Å²) >= 11 is 0. The molecule has 0 unspecified atom stereocenters. The van der Waals surface area contributed by atoms with Crippen LogP contribution in [0.2, 0.25) is 0 Å². The lowest BCUT2D eigenvalue weighted by Crippen LogP contribution is -2.18. The van der Waals surface area contributed by atoms with Crippen LogP contribution in [0.1, 0.15) is 58.3 Å². The van der Waals surface area contributed by atoms with Crippen molar-refractivity contribution in [3.05, 3.63) is 11.6 Å². The summed E-state index contributed by atoms with van der Waals surface area (Å²) in [5.41, 5.74) is 1.60. The van der Waals surface area contributed by atoms with Crippen molar-refractivity contribution in [2.75, 3.05) is 0 Å². The summed E-state index contributed by atoms with van der Waals surface area (Å²) in [4.78, 5) is 11.1. The molecular weight excluding hydrogens is 184 g/mol. The first kappa shape index (κ1) is 10.9. The standard InChI is InChI=1S/C14H22O/c1-2-11-3-5-12(6-4-11)13-7-9-14(15)10-8-13/h7,11-12H,2-6,8-10H2,1H3. The van der Waals surface area contributed by atoms with Crippen LogP contribution in [0.3, 0.4) is 0 Å². The van der Waals surface area contributed by atoms with E-state index in [1.165, 1.54) is 32.1 Å². The second-order valence-corrected chi connectivity index (χ2v) is 5.15. The zero-order chi connectivity index (χ0) is 10.7. The van der Waals surface area contributed by atoms with Gasteiger partial charge in [-0.1, -0.05) is 25.0 Å². The lowest BCUT2D eigenvalue weighted by Gasteiger charge is -2.30. The predicted octanol–water partition coefficient (Wildman–Crippen LogP) is 3.88. The maximum atomic E-state index is 11.1. The van der Waals surface area contributed by atoms with E-state index in [-0.39, 0.29) is 0 Å². The van der Waals surface area contributed by atoms with Gasteiger partial charge in [-0.25, -0.2) is 0 Å². The number of Topliss-reactive ketones (excluding diaryl/α,β-unsaturated/α-hetero) is 1. The highest BCUT2D eigenvalue weighted by molar-refractivity contribution is 5.81. The smallest absolute Gasteiger partial charge is 0.136 e. The van der Waals surface area contributed by atoms with Crippen molar-refractivity contribution in [1.29, 1.82) is 0 Å². The maximum absolute atomic E-state index is 11.1. The molecular formula is C14H22O. The molecule has 0 N–H and O–H groups in total. The van der Waals surface area contributed by atoms with Crippen LogP contribution in [0, 0.1) is 11.8 Å². The van der Waals surface area contributed by atoms with Gasteiger partial charge in [0.1, 0.15) is 5.78 Å². The number of rotatable bonds is 2. The Morgan fingerprint density at radius 1 is 1.20 bits per heavy atom. The SMILES string of the molecule is CCC1CCC(C2=CCC(=O)CC2)CC1. The van der Waals surface area contributed by atoms with E-state index < -0.39 is 0 Å². The van der Waals surface area contributed by atoms with Crippen molar-refractivity contribution in [3.63, 3.8) is 0 Å². The number of hydrogen-bond acceptors (Lipinski definition) is 1. The Bertz CT molecular complexity index is 257. The Morgan fingerprint density at radius 2 is 1.93 bits per heavy atom. The van der Waals surface area contributed by atoms with E-state index in [0.29, 0.717) is 12.2 Å². The zero-order valence-electron chi connectivity index (χ0n) is 9.80. The number of hydrogen-bond donors (Lipinski definition) is 0. The minimum absolute atomic E-state index is 0.431. The van der Waals surface area contributed by atoms with Crippen LogP contribution >= 0.6 is 0 Å². The number of ketones is 1. The normalized spacial score (nSPS) is 32.6. The molecule has 2 rings (SSSR count). The fourth-order valence-corrected chi connectivity index (χ4v) is 3.05. The molecule has 15 heavy (non-hydrogen) atoms. The summed E-state index contributed by atoms with van der Waals surface area (Å²) in [5, 5.41) is 0. The van der Waals surface area contributed by atoms with E-state index in [1.54, 1.807) is 5.57 Å². The summed E-state index contributed by atoms with van der Waals surface area (Å²) in [6, 6.07) is 0. The predicted molar refractivity (Wildman–Crippen MR) is 62.7 cm³/mol. The van der Waals surface area contributed by atoms with Crippen LogP contribution < -0.4 is 0 Å². The Kier molecular flexibility index (Phi) is 3.61. The average Bonchev–Trinajstić information content (AvgIpc) is 2.30. The van der Waals surface area contributed by atoms with Gasteiger partial charge in [0, 0.05) is 12.8 Å². The number of allylic oxidation sites excluding steroid dienone is 2. The van der Waals surface area contributed by atoms with Crippen molar-refractivity contribution in [3.8, 4) is 0 Å². The second-order valence-electron chi connectivity index (χ2n) is 5.15. The Balaban J connectivity index is 1.88. The van der Waals surface area contributed by atoms with E-state index in [9.17, 15) is 4.79 Å². The van der Waals surface area contributed by atoms with Gasteiger partial charge in [0.05, 0.1) is 0 Å². The Morgan fingerprint density at radius 3 is 2.47 bits per heavy atom. The van der Waals surface area contributed by atoms with Crippen LogP contribution in [0.15, 0.2) is 11.6 Å². The summed E-state index contributed by atoms with van der Waals surface area (Å²) in [6.07, 6.45) is 11.7. The van der Waals surface area contributed by atoms with E-state index in [2.05, 4.69) is 13.0 Å². The molecule has 0 atom stereocenters. The third-order valence-corrected chi connectivity index (χ3v) is 4.23. The van der Waals surface area contributed by atoms with Gasteiger partial charge in [-0.2, -0.15) is 0 Å². The molecule has 0 radical (unpaired) electrons. The summed E-state index contributed by atoms with van der Waals surface area (Å²) in [6.45, 7) is 2.31. The monoisotopic (exact) mass is 206 g/mol. The van der Waals surface area contributed by atoms with Gasteiger partial charge in [0.25, 0.3) is 0 Å². The van der Waals surface area contributed by atoms with Gasteiger partial charge < -0.3 is 0 Å². The molecule has 0 heterocycles. The van der Waals surface area contributed by atoms with Gasteiger partial charge in [-0.3, -0.25) is 4.79 Å². The Hall–Kier alpha value is -0.590. The molecule has 0 aromatic carbocycles. The van der Waals surface area contributed by atoms with Gasteiger partial charge in [0.15, 0.2) is 0 Å². The van der Waals surface area contributed by atoms with Gasteiger partial charge in [-0.15, -0.1) is 0 Å². The molecule has 0 aromatic rings. The molecule has 1 nitrogen and oxygen atoms in total. The maximum Gasteiger partial charge on any atom is 0.136 e. The fourth-order valence-electron chi connectivity index (χ4n) is 3.05. The third kappa shape index (κ3) is 2.70. The van der Waals surface area contributed by atoms with Crippen molar-refractivity contribution in [1.82, 2.24) is 0 Å². The number of carbonyl (C=O) groups excluding carboxylic acids is 1. The van der Waals surface area contributed by atoms with Crippen molar-refractivity contribution in [2.24, 2.45) is 11.8 Å². The quantitative estimate of drug-likeness (QED) is 0.627. The molecule has 0 spiro atoms. The molecule has 0 aliphatic heterocycles. The van der Waals surface area contributed by atoms with Crippen molar-refractivity contribution < 1.29 is 4.79 Å². The molecule has 2 aliphatic rings. The highest BCUT2D eigenvalue weighted by Gasteiger charge is 2.24. The van der Waals surface area contributed by atoms with E-state index in [4.69, 9.17) is 0 Å². The molecule has 1 fully saturated rings. The first-order chi connectivity index (χ1) is 7.29. The number of carbonyl (C=O) groups is 1. The minimum Gasteiger partial charge on any atom is -0.299 e. The van der Waals surface area contributed by atoms with Crippen molar-refractivity contribution >= 4 is 5.78 Å². The molecule has 0 saturated heterocycles. The first-order valence-corrected chi connectivity index (χ1v) is 6.50. The van der Waals surface area contributed by atoms with Crippen LogP contribution in [-0.2, 0) is 4.79 Å². The lowest BCUT2D eigenvalue weighted by molar-refractivity contribution is -0.118. The van der Waals surface area contributed by atoms with E-state index in [0.717, 1.165) is 24.7 Å². The van der Waals surface area contributed by atoms with Crippen LogP contribution in [0.4, 0.5) is 0 Å². The molecule has 1 heteroatoms. The van der Waals surface area contributed by atoms with Crippen LogP contribution in [0.5, 0.6) is 0 Å². The summed E-state index contributed by atoms with van der Waals surface area (Å²) in [5.74, 6) is 2.23. The van der Waals surface area contributed by atoms with E-state index >= 15 is 0 Å². The molecule has 0 bridgehead atoms. The third-order valence-electron chi connectivity index (χ3n) is 4.23. The van der Waals surface area contributed by atoms with Gasteiger partial charge in [0.2, 0.25) is 0 Å². The minimum atomic E-state index is 0.431. The average molecular weight is 206 g/mol. The summed E-state index contributed by atoms with van der Waals surface area (Å²) in [7, 11) is 0. The highest BCUT2D eigenvalue weighted by atomic mass is 16.1. The molecule has 2 aliphatic carbocycles. The first-order valence-electron chi connectivity index (χ1n) is 6.50. The lowest BCUT2D eigenvalue weighted by atomic mass is 9.75. The molecule has 0 amide bonds. The topological polar surface area (TPSA) is 17.1 Å². The largest absolute Gasteiger partial charge is 0.299 e.